The third-order valence-corrected chi connectivity index (χ3v) is 3.59. The van der Waals surface area contributed by atoms with E-state index < -0.39 is 0 Å². The van der Waals surface area contributed by atoms with Crippen LogP contribution in [0.4, 0.5) is 0 Å². The lowest BCUT2D eigenvalue weighted by Gasteiger charge is -2.27. The van der Waals surface area contributed by atoms with Crippen LogP contribution in [0.1, 0.15) is 46.0 Å². The first-order chi connectivity index (χ1) is 7.31. The Bertz CT molecular complexity index is 153. The third kappa shape index (κ3) is 4.12. The average molecular weight is 212 g/mol. The van der Waals surface area contributed by atoms with Gasteiger partial charge in [-0.15, -0.1) is 0 Å². The van der Waals surface area contributed by atoms with Gasteiger partial charge >= 0.3 is 0 Å². The van der Waals surface area contributed by atoms with Crippen molar-refractivity contribution in [3.05, 3.63) is 0 Å². The zero-order chi connectivity index (χ0) is 11.1. The van der Waals surface area contributed by atoms with Crippen LogP contribution in [0.2, 0.25) is 0 Å². The van der Waals surface area contributed by atoms with E-state index >= 15 is 0 Å². The molecule has 0 aromatic heterocycles. The highest BCUT2D eigenvalue weighted by Gasteiger charge is 2.26. The first kappa shape index (κ1) is 13.0. The van der Waals surface area contributed by atoms with Crippen molar-refractivity contribution in [3.8, 4) is 0 Å². The quantitative estimate of drug-likeness (QED) is 0.697. The summed E-state index contributed by atoms with van der Waals surface area (Å²) in [5.74, 6) is 0.978. The fourth-order valence-electron chi connectivity index (χ4n) is 2.82. The average Bonchev–Trinajstić information content (AvgIpc) is 2.67. The molecule has 1 saturated heterocycles. The van der Waals surface area contributed by atoms with Crippen molar-refractivity contribution in [1.29, 1.82) is 0 Å². The Labute approximate surface area is 95.4 Å². The van der Waals surface area contributed by atoms with Crippen LogP contribution in [-0.2, 0) is 0 Å². The van der Waals surface area contributed by atoms with Crippen LogP contribution in [-0.4, -0.2) is 37.6 Å². The molecule has 0 spiro atoms. The Morgan fingerprint density at radius 1 is 1.33 bits per heavy atom. The molecule has 2 nitrogen and oxygen atoms in total. The van der Waals surface area contributed by atoms with Crippen LogP contribution in [0, 0.1) is 5.92 Å². The van der Waals surface area contributed by atoms with Crippen molar-refractivity contribution in [2.24, 2.45) is 5.92 Å². The molecular formula is C13H28N2. The summed E-state index contributed by atoms with van der Waals surface area (Å²) in [6, 6.07) is 0.779. The van der Waals surface area contributed by atoms with Gasteiger partial charge in [-0.05, 0) is 38.8 Å². The lowest BCUT2D eigenvalue weighted by atomic mass is 10.0. The molecule has 0 aliphatic carbocycles. The van der Waals surface area contributed by atoms with E-state index in [4.69, 9.17) is 0 Å². The molecule has 0 saturated carbocycles. The van der Waals surface area contributed by atoms with E-state index in [0.717, 1.165) is 18.5 Å². The normalized spacial score (nSPS) is 24.6. The van der Waals surface area contributed by atoms with E-state index in [2.05, 4.69) is 31.1 Å². The van der Waals surface area contributed by atoms with Crippen molar-refractivity contribution < 1.29 is 0 Å². The summed E-state index contributed by atoms with van der Waals surface area (Å²) in [6.07, 6.45) is 6.86. The van der Waals surface area contributed by atoms with Gasteiger partial charge in [-0.1, -0.05) is 26.7 Å². The topological polar surface area (TPSA) is 15.3 Å². The van der Waals surface area contributed by atoms with E-state index in [9.17, 15) is 0 Å². The van der Waals surface area contributed by atoms with Crippen molar-refractivity contribution >= 4 is 0 Å². The molecule has 2 unspecified atom stereocenters. The molecule has 2 atom stereocenters. The summed E-state index contributed by atoms with van der Waals surface area (Å²) in [5, 5.41) is 3.33. The van der Waals surface area contributed by atoms with Crippen LogP contribution >= 0.6 is 0 Å². The Morgan fingerprint density at radius 3 is 2.73 bits per heavy atom. The number of likely N-dealkylation sites (tertiary alicyclic amines) is 1. The van der Waals surface area contributed by atoms with E-state index in [-0.39, 0.29) is 0 Å². The maximum Gasteiger partial charge on any atom is 0.0220 e. The largest absolute Gasteiger partial charge is 0.318 e. The molecule has 0 bridgehead atoms. The van der Waals surface area contributed by atoms with Crippen molar-refractivity contribution in [3.63, 3.8) is 0 Å². The van der Waals surface area contributed by atoms with Gasteiger partial charge in [0.1, 0.15) is 0 Å². The molecule has 2 heteroatoms. The molecule has 0 aromatic rings. The van der Waals surface area contributed by atoms with Gasteiger partial charge in [0.2, 0.25) is 0 Å². The Kier molecular flexibility index (Phi) is 6.26. The molecule has 15 heavy (non-hydrogen) atoms. The van der Waals surface area contributed by atoms with Crippen LogP contribution in [0.25, 0.3) is 0 Å². The van der Waals surface area contributed by atoms with E-state index in [1.54, 1.807) is 0 Å². The standard InChI is InChI=1S/C13H28N2/c1-4-6-12-8-9-15(11-12)13(7-5-2)10-14-3/h12-14H,4-11H2,1-3H3. The Hall–Kier alpha value is -0.0800. The summed E-state index contributed by atoms with van der Waals surface area (Å²) in [6.45, 7) is 8.44. The van der Waals surface area contributed by atoms with Gasteiger partial charge < -0.3 is 5.32 Å². The molecule has 1 heterocycles. The molecule has 0 amide bonds. The van der Waals surface area contributed by atoms with Crippen LogP contribution in [0.15, 0.2) is 0 Å². The summed E-state index contributed by atoms with van der Waals surface area (Å²) >= 11 is 0. The highest BCUT2D eigenvalue weighted by Crippen LogP contribution is 2.23. The predicted molar refractivity (Wildman–Crippen MR) is 67.2 cm³/mol. The predicted octanol–water partition coefficient (Wildman–Crippen LogP) is 2.50. The molecule has 1 rings (SSSR count). The maximum absolute atomic E-state index is 3.33. The van der Waals surface area contributed by atoms with Gasteiger partial charge in [-0.3, -0.25) is 4.90 Å². The first-order valence-corrected chi connectivity index (χ1v) is 6.70. The van der Waals surface area contributed by atoms with Crippen LogP contribution in [0.5, 0.6) is 0 Å². The monoisotopic (exact) mass is 212 g/mol. The minimum atomic E-state index is 0.779. The van der Waals surface area contributed by atoms with Crippen LogP contribution < -0.4 is 5.32 Å². The Morgan fingerprint density at radius 2 is 2.13 bits per heavy atom. The highest BCUT2D eigenvalue weighted by molar-refractivity contribution is 4.82. The van der Waals surface area contributed by atoms with Gasteiger partial charge in [-0.25, -0.2) is 0 Å². The molecule has 1 aliphatic rings. The number of likely N-dealkylation sites (N-methyl/N-ethyl adjacent to an activating group) is 1. The second kappa shape index (κ2) is 7.24. The summed E-state index contributed by atoms with van der Waals surface area (Å²) < 4.78 is 0. The van der Waals surface area contributed by atoms with E-state index in [1.165, 1.54) is 45.2 Å². The fraction of sp³-hybridized carbons (Fsp3) is 1.00. The molecular weight excluding hydrogens is 184 g/mol. The molecule has 0 radical (unpaired) electrons. The second-order valence-corrected chi connectivity index (χ2v) is 4.94. The SMILES string of the molecule is CCCC1CCN(C(CCC)CNC)C1. The molecule has 1 fully saturated rings. The Balaban J connectivity index is 2.34. The lowest BCUT2D eigenvalue weighted by molar-refractivity contribution is 0.216. The van der Waals surface area contributed by atoms with Gasteiger partial charge in [0.15, 0.2) is 0 Å². The summed E-state index contributed by atoms with van der Waals surface area (Å²) in [7, 11) is 2.07. The number of hydrogen-bond acceptors (Lipinski definition) is 2. The minimum absolute atomic E-state index is 0.779. The number of nitrogens with zero attached hydrogens (tertiary/aromatic N) is 1. The maximum atomic E-state index is 3.33. The summed E-state index contributed by atoms with van der Waals surface area (Å²) in [5.41, 5.74) is 0. The van der Waals surface area contributed by atoms with E-state index in [1.807, 2.05) is 0 Å². The zero-order valence-corrected chi connectivity index (χ0v) is 10.8. The molecule has 1 N–H and O–H groups in total. The molecule has 90 valence electrons. The van der Waals surface area contributed by atoms with Crippen molar-refractivity contribution in [1.82, 2.24) is 10.2 Å². The van der Waals surface area contributed by atoms with Gasteiger partial charge in [0.25, 0.3) is 0 Å². The van der Waals surface area contributed by atoms with Crippen molar-refractivity contribution in [2.45, 2.75) is 52.0 Å². The number of nitrogens with one attached hydrogen (secondary N) is 1. The second-order valence-electron chi connectivity index (χ2n) is 4.94. The minimum Gasteiger partial charge on any atom is -0.318 e. The van der Waals surface area contributed by atoms with Crippen LogP contribution in [0.3, 0.4) is 0 Å². The smallest absolute Gasteiger partial charge is 0.0220 e. The molecule has 1 aliphatic heterocycles. The van der Waals surface area contributed by atoms with Crippen molar-refractivity contribution in [2.75, 3.05) is 26.7 Å². The number of rotatable bonds is 7. The fourth-order valence-corrected chi connectivity index (χ4v) is 2.82. The summed E-state index contributed by atoms with van der Waals surface area (Å²) in [4.78, 5) is 2.71. The van der Waals surface area contributed by atoms with E-state index in [0.29, 0.717) is 0 Å². The highest BCUT2D eigenvalue weighted by atomic mass is 15.2. The molecule has 0 aromatic carbocycles. The first-order valence-electron chi connectivity index (χ1n) is 6.70. The lowest BCUT2D eigenvalue weighted by Crippen LogP contribution is -2.40. The van der Waals surface area contributed by atoms with Gasteiger partial charge in [0, 0.05) is 19.1 Å². The van der Waals surface area contributed by atoms with Gasteiger partial charge in [0.05, 0.1) is 0 Å². The third-order valence-electron chi connectivity index (χ3n) is 3.59. The van der Waals surface area contributed by atoms with Gasteiger partial charge in [-0.2, -0.15) is 0 Å². The zero-order valence-electron chi connectivity index (χ0n) is 10.8. The number of hydrogen-bond donors (Lipinski definition) is 1.